The van der Waals surface area contributed by atoms with Crippen LogP contribution in [0.5, 0.6) is 17.2 Å². The number of hydrogen-bond acceptors (Lipinski definition) is 26. The van der Waals surface area contributed by atoms with Crippen LogP contribution in [-0.4, -0.2) is 208 Å². The molecule has 4 fully saturated rings. The number of benzene rings is 1. The number of hydroxylamine groups is 1. The van der Waals surface area contributed by atoms with Gasteiger partial charge in [-0.05, 0) is 109 Å². The van der Waals surface area contributed by atoms with E-state index in [-0.39, 0.29) is 77.9 Å². The van der Waals surface area contributed by atoms with E-state index in [0.717, 1.165) is 11.8 Å². The number of allylic oxidation sites excluding steroid dienone is 3. The van der Waals surface area contributed by atoms with Crippen LogP contribution in [0.1, 0.15) is 83.7 Å². The van der Waals surface area contributed by atoms with E-state index in [2.05, 4.69) is 39.8 Å². The van der Waals surface area contributed by atoms with Gasteiger partial charge in [-0.25, -0.2) is 4.79 Å². The number of amides is 1. The number of alkyl carbamates (subject to hydrolysis) is 1. The predicted molar refractivity (Wildman–Crippen MR) is 334 cm³/mol. The lowest BCUT2D eigenvalue weighted by atomic mass is 9.69. The second-order valence-electron chi connectivity index (χ2n) is 21.2. The first kappa shape index (κ1) is 72.2. The quantitative estimate of drug-likeness (QED) is 0.0234. The van der Waals surface area contributed by atoms with Crippen molar-refractivity contribution in [1.82, 2.24) is 16.1 Å². The highest BCUT2D eigenvalue weighted by molar-refractivity contribution is 14.1. The SMILES string of the molecule is CC#C/C=C\C#C[C@H](O[C@@H]1O[C@H](C)[C@@H](NO[C@H]2C[C@H](O)[C@H](SC(=O)c3c(C)c(I)c(O[C@@H]4O[C@@H](C)[C@H](O)[C@@H](OC)[C@H]4O)c(OC)c3OC)C(C)O2)[C@H](O)[C@H]1O[C@H]1C[C@H](OC)[C@@H](NCC)CO1)C1=C(NC(=O)OC)C(=O)CC(C)(C)/C1=C/CSSSC. The van der Waals surface area contributed by atoms with Gasteiger partial charge in [-0.15, -0.1) is 5.92 Å². The molecule has 1 unspecified atom stereocenters. The molecule has 0 radical (unpaired) electrons. The van der Waals surface area contributed by atoms with E-state index >= 15 is 0 Å². The number of aliphatic hydroxyl groups is 4. The zero-order valence-electron chi connectivity index (χ0n) is 50.7. The van der Waals surface area contributed by atoms with Crippen molar-refractivity contribution in [1.29, 1.82) is 0 Å². The minimum atomic E-state index is -1.49. The molecule has 18 atom stereocenters. The molecule has 6 rings (SSSR count). The van der Waals surface area contributed by atoms with Crippen LogP contribution in [0.4, 0.5) is 4.79 Å². The summed E-state index contributed by atoms with van der Waals surface area (Å²) < 4.78 is 73.1. The number of halogens is 1. The Morgan fingerprint density at radius 1 is 0.884 bits per heavy atom. The number of methoxy groups -OCH3 is 5. The molecule has 1 aromatic rings. The Morgan fingerprint density at radius 2 is 1.59 bits per heavy atom. The Kier molecular flexibility index (Phi) is 28.5. The summed E-state index contributed by atoms with van der Waals surface area (Å²) >= 11 is 2.85. The summed E-state index contributed by atoms with van der Waals surface area (Å²) in [5.41, 5.74) is 3.62. The minimum Gasteiger partial charge on any atom is -0.492 e. The van der Waals surface area contributed by atoms with Crippen LogP contribution in [0.3, 0.4) is 0 Å². The summed E-state index contributed by atoms with van der Waals surface area (Å²) in [6.45, 7) is 15.1. The van der Waals surface area contributed by atoms with Crippen molar-refractivity contribution in [3.63, 3.8) is 0 Å². The van der Waals surface area contributed by atoms with Gasteiger partial charge >= 0.3 is 6.09 Å². The Morgan fingerprint density at radius 3 is 2.23 bits per heavy atom. The van der Waals surface area contributed by atoms with E-state index < -0.39 is 114 Å². The molecule has 5 aliphatic rings. The van der Waals surface area contributed by atoms with Crippen LogP contribution in [0.15, 0.2) is 35.1 Å². The lowest BCUT2D eigenvalue weighted by molar-refractivity contribution is -0.336. The third-order valence-electron chi connectivity index (χ3n) is 15.1. The van der Waals surface area contributed by atoms with E-state index in [4.69, 9.17) is 61.7 Å². The fourth-order valence-electron chi connectivity index (χ4n) is 10.7. The molecule has 0 bridgehead atoms. The molecule has 7 N–H and O–H groups in total. The largest absolute Gasteiger partial charge is 0.492 e. The fourth-order valence-corrected chi connectivity index (χ4v) is 14.9. The van der Waals surface area contributed by atoms with Gasteiger partial charge in [-0.1, -0.05) is 78.0 Å². The number of nitrogens with one attached hydrogen (secondary N) is 3. The average molecular weight is 1400 g/mol. The second-order valence-corrected chi connectivity index (χ2v) is 27.8. The van der Waals surface area contributed by atoms with E-state index in [0.29, 0.717) is 27.0 Å². The Labute approximate surface area is 533 Å². The number of carbonyl (C=O) groups excluding carboxylic acids is 3. The van der Waals surface area contributed by atoms with Crippen molar-refractivity contribution in [2.75, 3.05) is 60.7 Å². The van der Waals surface area contributed by atoms with E-state index in [1.807, 2.05) is 55.7 Å². The molecule has 4 aliphatic heterocycles. The van der Waals surface area contributed by atoms with Crippen LogP contribution in [-0.2, 0) is 52.3 Å². The summed E-state index contributed by atoms with van der Waals surface area (Å²) in [5, 5.41) is 50.8. The Hall–Kier alpha value is -2.90. The van der Waals surface area contributed by atoms with Gasteiger partial charge in [-0.3, -0.25) is 19.7 Å². The number of Topliss-reactive ketones (excluding diaryl/α,β-unsaturated/α-hetero) is 1. The number of rotatable bonds is 23. The number of carbonyl (C=O) groups is 3. The normalized spacial score (nSPS) is 32.8. The monoisotopic (exact) mass is 1400 g/mol. The summed E-state index contributed by atoms with van der Waals surface area (Å²) in [5.74, 6) is 12.1. The lowest BCUT2D eigenvalue weighted by Crippen LogP contribution is -2.65. The molecular formula is C58H82IN3O20S4. The molecule has 1 aliphatic carbocycles. The zero-order chi connectivity index (χ0) is 63.2. The molecule has 1 aromatic carbocycles. The van der Waals surface area contributed by atoms with Crippen molar-refractivity contribution in [3.8, 4) is 40.9 Å². The molecule has 1 amide bonds. The summed E-state index contributed by atoms with van der Waals surface area (Å²) in [7, 11) is 11.6. The zero-order valence-corrected chi connectivity index (χ0v) is 56.1. The van der Waals surface area contributed by atoms with Gasteiger partial charge in [0, 0.05) is 44.8 Å². The first-order valence-electron chi connectivity index (χ1n) is 27.9. The van der Waals surface area contributed by atoms with Crippen LogP contribution in [0.2, 0.25) is 0 Å². The van der Waals surface area contributed by atoms with Gasteiger partial charge in [0.15, 0.2) is 36.2 Å². The van der Waals surface area contributed by atoms with Gasteiger partial charge in [0.1, 0.15) is 36.6 Å². The van der Waals surface area contributed by atoms with Gasteiger partial charge in [-0.2, -0.15) is 5.48 Å². The molecular weight excluding hydrogens is 1310 g/mol. The maximum Gasteiger partial charge on any atom is 0.411 e. The molecule has 0 spiro atoms. The minimum absolute atomic E-state index is 0.0355. The number of thioether (sulfide) groups is 1. The maximum absolute atomic E-state index is 14.5. The molecule has 4 heterocycles. The Bertz CT molecular complexity index is 2710. The predicted octanol–water partition coefficient (Wildman–Crippen LogP) is 5.50. The Balaban J connectivity index is 1.27. The maximum atomic E-state index is 14.5. The number of aliphatic hydroxyl groups excluding tert-OH is 4. The van der Waals surface area contributed by atoms with Crippen LogP contribution >= 0.6 is 65.8 Å². The first-order valence-corrected chi connectivity index (χ1v) is 33.9. The van der Waals surface area contributed by atoms with Crippen molar-refractivity contribution in [3.05, 3.63) is 49.8 Å². The average Bonchev–Trinajstić information content (AvgIpc) is 0.989. The number of hydrogen-bond donors (Lipinski definition) is 7. The third-order valence-corrected chi connectivity index (χ3v) is 21.5. The van der Waals surface area contributed by atoms with Gasteiger partial charge in [0.05, 0.1) is 90.6 Å². The van der Waals surface area contributed by atoms with E-state index in [1.165, 1.54) is 34.5 Å². The van der Waals surface area contributed by atoms with Crippen LogP contribution in [0.25, 0.3) is 0 Å². The highest BCUT2D eigenvalue weighted by Gasteiger charge is 2.51. The number of ether oxygens (including phenoxy) is 12. The second kappa shape index (κ2) is 34.0. The van der Waals surface area contributed by atoms with Crippen molar-refractivity contribution in [2.24, 2.45) is 5.41 Å². The number of likely N-dealkylation sites (N-methyl/N-ethyl adjacent to an activating group) is 1. The topological polar surface area (TPSA) is 288 Å². The molecule has 23 nitrogen and oxygen atoms in total. The van der Waals surface area contributed by atoms with Crippen LogP contribution < -0.4 is 30.3 Å². The van der Waals surface area contributed by atoms with E-state index in [1.54, 1.807) is 79.2 Å². The summed E-state index contributed by atoms with van der Waals surface area (Å²) in [4.78, 5) is 47.9. The molecule has 28 heteroatoms. The number of ketones is 1. The summed E-state index contributed by atoms with van der Waals surface area (Å²) in [6.07, 6.45) is -10.1. The fraction of sp³-hybridized carbons (Fsp3) is 0.672. The summed E-state index contributed by atoms with van der Waals surface area (Å²) in [6, 6.07) is -1.21. The highest BCUT2D eigenvalue weighted by Crippen LogP contribution is 2.49. The van der Waals surface area contributed by atoms with E-state index in [9.17, 15) is 34.8 Å². The van der Waals surface area contributed by atoms with Gasteiger partial charge in [0.25, 0.3) is 0 Å². The smallest absolute Gasteiger partial charge is 0.411 e. The van der Waals surface area contributed by atoms with Gasteiger partial charge < -0.3 is 82.6 Å². The van der Waals surface area contributed by atoms with Crippen molar-refractivity contribution < 1.29 is 96.5 Å². The molecule has 4 saturated heterocycles. The van der Waals surface area contributed by atoms with Crippen molar-refractivity contribution in [2.45, 2.75) is 184 Å². The van der Waals surface area contributed by atoms with Crippen LogP contribution in [0, 0.1) is 39.6 Å². The van der Waals surface area contributed by atoms with Crippen molar-refractivity contribution >= 4 is 82.8 Å². The molecule has 480 valence electrons. The lowest BCUT2D eigenvalue weighted by Gasteiger charge is -2.47. The standard InChI is InChI=1S/C58H82IN3O20S4/c1-15-17-18-19-20-21-36(41-32(22-23-84-86-83-14)58(7,8)26-35(64)44(41)61-57(69)74-13)79-56-51(80-38-25-37(70-9)33(27-75-38)60-16-2)46(66)43(29(4)77-56)62-82-39-24-34(63)53(31(6)76-39)85-54(68)40-28(3)42(59)49(52(73-12)48(40)71-10)81-55-47(67)50(72-11)45(65)30(5)78-55/h18-19,22,29-31,33-34,36-39,43,45-47,50-51,53,55-56,60,62-63,65-67H,16,23-27H2,1-14H3,(H,61,69)/b19-18-,32-22+/t29-,30+,31?,33+,34+,36+,37+,38+,39+,43-,45+,46+,47-,50-,51-,53-,55+,56+/m1/s1. The molecule has 86 heavy (non-hydrogen) atoms. The molecule has 0 saturated carbocycles. The van der Waals surface area contributed by atoms with Gasteiger partial charge in [0.2, 0.25) is 17.2 Å². The highest BCUT2D eigenvalue weighted by atomic mass is 127. The molecule has 0 aromatic heterocycles. The first-order chi connectivity index (χ1) is 41.0. The third kappa shape index (κ3) is 17.6.